The van der Waals surface area contributed by atoms with Gasteiger partial charge in [0.05, 0.1) is 4.83 Å². The minimum Gasteiger partial charge on any atom is -0.0843 e. The Balaban J connectivity index is 2.32. The van der Waals surface area contributed by atoms with E-state index in [0.717, 1.165) is 5.02 Å². The molecule has 0 saturated heterocycles. The summed E-state index contributed by atoms with van der Waals surface area (Å²) < 4.78 is 0. The van der Waals surface area contributed by atoms with Gasteiger partial charge in [-0.25, -0.2) is 0 Å². The average Bonchev–Trinajstić information content (AvgIpc) is 2.29. The average molecular weight is 282 g/mol. The van der Waals surface area contributed by atoms with Gasteiger partial charge in [0.15, 0.2) is 0 Å². The molecule has 0 unspecified atom stereocenters. The van der Waals surface area contributed by atoms with Crippen LogP contribution in [-0.2, 0) is 0 Å². The smallest absolute Gasteiger partial charge is 0.0645 e. The fraction of sp³-hybridized carbons (Fsp3) is 0.0769. The quantitative estimate of drug-likeness (QED) is 0.692. The summed E-state index contributed by atoms with van der Waals surface area (Å²) in [5.74, 6) is 0. The van der Waals surface area contributed by atoms with E-state index in [4.69, 9.17) is 11.6 Å². The summed E-state index contributed by atoms with van der Waals surface area (Å²) >= 11 is 9.63. The lowest BCUT2D eigenvalue weighted by Gasteiger charge is -2.10. The summed E-state index contributed by atoms with van der Waals surface area (Å²) in [5, 5.41) is 0.771. The van der Waals surface area contributed by atoms with E-state index in [1.807, 2.05) is 36.4 Å². The zero-order chi connectivity index (χ0) is 10.7. The van der Waals surface area contributed by atoms with Gasteiger partial charge in [-0.3, -0.25) is 0 Å². The van der Waals surface area contributed by atoms with Crippen molar-refractivity contribution in [3.8, 4) is 0 Å². The second kappa shape index (κ2) is 4.82. The number of benzene rings is 2. The molecule has 0 aliphatic carbocycles. The molecule has 0 N–H and O–H groups in total. The number of halogens is 2. The van der Waals surface area contributed by atoms with Crippen molar-refractivity contribution in [2.24, 2.45) is 0 Å². The minimum atomic E-state index is 0.206. The summed E-state index contributed by atoms with van der Waals surface area (Å²) in [6.07, 6.45) is 0. The first-order valence-electron chi connectivity index (χ1n) is 4.72. The maximum Gasteiger partial charge on any atom is 0.0645 e. The zero-order valence-corrected chi connectivity index (χ0v) is 10.4. The number of alkyl halides is 1. The summed E-state index contributed by atoms with van der Waals surface area (Å²) in [5.41, 5.74) is 2.41. The molecule has 2 aromatic carbocycles. The Bertz CT molecular complexity index is 439. The fourth-order valence-corrected chi connectivity index (χ4v) is 2.27. The van der Waals surface area contributed by atoms with Crippen molar-refractivity contribution < 1.29 is 0 Å². The zero-order valence-electron chi connectivity index (χ0n) is 8.03. The molecule has 0 aromatic heterocycles. The van der Waals surface area contributed by atoms with E-state index in [1.54, 1.807) is 0 Å². The fourth-order valence-electron chi connectivity index (χ4n) is 1.48. The molecule has 0 nitrogen and oxygen atoms in total. The first kappa shape index (κ1) is 10.7. The molecule has 0 heterocycles. The van der Waals surface area contributed by atoms with Gasteiger partial charge in [-0.2, -0.15) is 0 Å². The Morgan fingerprint density at radius 3 is 2.20 bits per heavy atom. The van der Waals surface area contributed by atoms with Crippen LogP contribution in [0, 0.1) is 0 Å². The van der Waals surface area contributed by atoms with E-state index in [-0.39, 0.29) is 4.83 Å². The van der Waals surface area contributed by atoms with Gasteiger partial charge in [0.1, 0.15) is 0 Å². The highest BCUT2D eigenvalue weighted by Crippen LogP contribution is 2.31. The third kappa shape index (κ3) is 2.61. The Morgan fingerprint density at radius 1 is 0.867 bits per heavy atom. The van der Waals surface area contributed by atoms with Crippen LogP contribution in [0.3, 0.4) is 0 Å². The van der Waals surface area contributed by atoms with Gasteiger partial charge in [0.2, 0.25) is 0 Å². The van der Waals surface area contributed by atoms with Crippen molar-refractivity contribution in [2.75, 3.05) is 0 Å². The van der Waals surface area contributed by atoms with Crippen molar-refractivity contribution in [2.45, 2.75) is 4.83 Å². The lowest BCUT2D eigenvalue weighted by atomic mass is 10.1. The molecule has 76 valence electrons. The molecule has 0 bridgehead atoms. The van der Waals surface area contributed by atoms with Crippen molar-refractivity contribution in [3.63, 3.8) is 0 Å². The van der Waals surface area contributed by atoms with Crippen LogP contribution in [-0.4, -0.2) is 0 Å². The van der Waals surface area contributed by atoms with Crippen LogP contribution >= 0.6 is 27.5 Å². The lowest BCUT2D eigenvalue weighted by Crippen LogP contribution is -1.91. The summed E-state index contributed by atoms with van der Waals surface area (Å²) in [4.78, 5) is 0.206. The van der Waals surface area contributed by atoms with Crippen LogP contribution in [0.1, 0.15) is 16.0 Å². The van der Waals surface area contributed by atoms with Gasteiger partial charge in [0, 0.05) is 5.02 Å². The van der Waals surface area contributed by atoms with E-state index in [0.29, 0.717) is 0 Å². The SMILES string of the molecule is Clc1cccc([C@H](Br)c2ccccc2)c1. The van der Waals surface area contributed by atoms with E-state index in [1.165, 1.54) is 11.1 Å². The van der Waals surface area contributed by atoms with Gasteiger partial charge >= 0.3 is 0 Å². The summed E-state index contributed by atoms with van der Waals surface area (Å²) in [7, 11) is 0. The third-order valence-corrected chi connectivity index (χ3v) is 3.53. The molecule has 2 aromatic rings. The van der Waals surface area contributed by atoms with Gasteiger partial charge in [-0.1, -0.05) is 70.0 Å². The van der Waals surface area contributed by atoms with Crippen molar-refractivity contribution in [1.82, 2.24) is 0 Å². The Morgan fingerprint density at radius 2 is 1.53 bits per heavy atom. The van der Waals surface area contributed by atoms with Crippen molar-refractivity contribution in [3.05, 3.63) is 70.7 Å². The first-order valence-corrected chi connectivity index (χ1v) is 6.01. The molecular formula is C13H10BrCl. The van der Waals surface area contributed by atoms with E-state index < -0.39 is 0 Å². The van der Waals surface area contributed by atoms with Crippen molar-refractivity contribution >= 4 is 27.5 Å². The molecule has 0 fully saturated rings. The van der Waals surface area contributed by atoms with E-state index in [2.05, 4.69) is 34.1 Å². The van der Waals surface area contributed by atoms with Crippen LogP contribution in [0.2, 0.25) is 5.02 Å². The number of hydrogen-bond acceptors (Lipinski definition) is 0. The van der Waals surface area contributed by atoms with Crippen LogP contribution in [0.25, 0.3) is 0 Å². The summed E-state index contributed by atoms with van der Waals surface area (Å²) in [6, 6.07) is 18.2. The molecule has 0 saturated carbocycles. The molecule has 2 rings (SSSR count). The molecule has 0 aliphatic heterocycles. The van der Waals surface area contributed by atoms with Crippen LogP contribution in [0.4, 0.5) is 0 Å². The number of rotatable bonds is 2. The predicted molar refractivity (Wildman–Crippen MR) is 68.7 cm³/mol. The second-order valence-electron chi connectivity index (χ2n) is 3.33. The Labute approximate surface area is 103 Å². The molecule has 0 amide bonds. The largest absolute Gasteiger partial charge is 0.0843 e. The molecule has 0 radical (unpaired) electrons. The van der Waals surface area contributed by atoms with Crippen molar-refractivity contribution in [1.29, 1.82) is 0 Å². The van der Waals surface area contributed by atoms with Crippen LogP contribution in [0.5, 0.6) is 0 Å². The normalized spacial score (nSPS) is 12.4. The molecule has 0 aliphatic rings. The topological polar surface area (TPSA) is 0 Å². The maximum absolute atomic E-state index is 5.96. The highest BCUT2D eigenvalue weighted by atomic mass is 79.9. The molecule has 1 atom stereocenters. The first-order chi connectivity index (χ1) is 7.27. The lowest BCUT2D eigenvalue weighted by molar-refractivity contribution is 1.18. The Hall–Kier alpha value is -0.790. The highest BCUT2D eigenvalue weighted by Gasteiger charge is 2.09. The Kier molecular flexibility index (Phi) is 3.45. The molecular weight excluding hydrogens is 272 g/mol. The second-order valence-corrected chi connectivity index (χ2v) is 4.68. The molecule has 0 spiro atoms. The standard InChI is InChI=1S/C13H10BrCl/c14-13(10-5-2-1-3-6-10)11-7-4-8-12(15)9-11/h1-9,13H/t13-/m1/s1. The van der Waals surface area contributed by atoms with Gasteiger partial charge in [0.25, 0.3) is 0 Å². The highest BCUT2D eigenvalue weighted by molar-refractivity contribution is 9.09. The predicted octanol–water partition coefficient (Wildman–Crippen LogP) is 4.82. The van der Waals surface area contributed by atoms with E-state index >= 15 is 0 Å². The van der Waals surface area contributed by atoms with Gasteiger partial charge in [-0.15, -0.1) is 0 Å². The van der Waals surface area contributed by atoms with Gasteiger partial charge < -0.3 is 0 Å². The molecule has 2 heteroatoms. The maximum atomic E-state index is 5.96. The van der Waals surface area contributed by atoms with Crippen LogP contribution < -0.4 is 0 Å². The number of hydrogen-bond donors (Lipinski definition) is 0. The van der Waals surface area contributed by atoms with Gasteiger partial charge in [-0.05, 0) is 23.3 Å². The van der Waals surface area contributed by atoms with E-state index in [9.17, 15) is 0 Å². The monoisotopic (exact) mass is 280 g/mol. The summed E-state index contributed by atoms with van der Waals surface area (Å²) in [6.45, 7) is 0. The third-order valence-electron chi connectivity index (χ3n) is 2.23. The van der Waals surface area contributed by atoms with Crippen LogP contribution in [0.15, 0.2) is 54.6 Å². The molecule has 15 heavy (non-hydrogen) atoms. The minimum absolute atomic E-state index is 0.206.